The maximum absolute atomic E-state index is 14.2. The van der Waals surface area contributed by atoms with Gasteiger partial charge in [0.25, 0.3) is 5.91 Å². The highest BCUT2D eigenvalue weighted by atomic mass is 19.1. The predicted octanol–water partition coefficient (Wildman–Crippen LogP) is 4.28. The van der Waals surface area contributed by atoms with Gasteiger partial charge >= 0.3 is 0 Å². The molecule has 5 nitrogen and oxygen atoms in total. The van der Waals surface area contributed by atoms with Crippen LogP contribution in [0.3, 0.4) is 0 Å². The second-order valence-corrected chi connectivity index (χ2v) is 8.03. The van der Waals surface area contributed by atoms with Gasteiger partial charge in [-0.15, -0.1) is 0 Å². The van der Waals surface area contributed by atoms with Crippen LogP contribution in [0.25, 0.3) is 11.3 Å². The van der Waals surface area contributed by atoms with E-state index in [2.05, 4.69) is 27.4 Å². The lowest BCUT2D eigenvalue weighted by atomic mass is 10.1. The summed E-state index contributed by atoms with van der Waals surface area (Å²) in [4.78, 5) is 15.2. The maximum atomic E-state index is 14.2. The molecule has 4 rings (SSSR count). The number of aromatic nitrogens is 2. The SMILES string of the molecule is Cn1cc(C(=O)NCc2ccc(CN3CCCCC3)cc2)c(-c2ccc(F)cc2F)n1. The first-order chi connectivity index (χ1) is 15.0. The number of hydrogen-bond acceptors (Lipinski definition) is 3. The summed E-state index contributed by atoms with van der Waals surface area (Å²) in [6.45, 7) is 3.61. The zero-order chi connectivity index (χ0) is 21.8. The Bertz CT molecular complexity index is 1060. The lowest BCUT2D eigenvalue weighted by Crippen LogP contribution is -2.29. The smallest absolute Gasteiger partial charge is 0.255 e. The number of nitrogens with zero attached hydrogens (tertiary/aromatic N) is 3. The van der Waals surface area contributed by atoms with Gasteiger partial charge in [-0.05, 0) is 49.2 Å². The van der Waals surface area contributed by atoms with Crippen LogP contribution in [0, 0.1) is 11.6 Å². The number of halogens is 2. The molecule has 1 amide bonds. The Morgan fingerprint density at radius 3 is 2.45 bits per heavy atom. The Hall–Kier alpha value is -3.06. The van der Waals surface area contributed by atoms with E-state index < -0.39 is 11.6 Å². The molecule has 3 aromatic rings. The molecule has 1 aromatic heterocycles. The molecule has 2 aromatic carbocycles. The highest BCUT2D eigenvalue weighted by Gasteiger charge is 2.20. The van der Waals surface area contributed by atoms with Crippen molar-refractivity contribution in [1.82, 2.24) is 20.0 Å². The maximum Gasteiger partial charge on any atom is 0.255 e. The minimum atomic E-state index is -0.753. The average molecular weight is 424 g/mol. The molecule has 0 unspecified atom stereocenters. The predicted molar refractivity (Wildman–Crippen MR) is 115 cm³/mol. The zero-order valence-corrected chi connectivity index (χ0v) is 17.6. The number of likely N-dealkylation sites (tertiary alicyclic amines) is 1. The molecule has 1 aliphatic heterocycles. The van der Waals surface area contributed by atoms with Crippen molar-refractivity contribution in [3.63, 3.8) is 0 Å². The topological polar surface area (TPSA) is 50.2 Å². The van der Waals surface area contributed by atoms with Gasteiger partial charge in [0.15, 0.2) is 0 Å². The molecule has 162 valence electrons. The van der Waals surface area contributed by atoms with Gasteiger partial charge < -0.3 is 5.32 Å². The number of amides is 1. The molecule has 2 heterocycles. The van der Waals surface area contributed by atoms with E-state index >= 15 is 0 Å². The third-order valence-corrected chi connectivity index (χ3v) is 5.59. The fourth-order valence-electron chi connectivity index (χ4n) is 3.95. The van der Waals surface area contributed by atoms with E-state index in [4.69, 9.17) is 0 Å². The number of nitrogens with one attached hydrogen (secondary N) is 1. The summed E-state index contributed by atoms with van der Waals surface area (Å²) in [5.74, 6) is -1.78. The van der Waals surface area contributed by atoms with Crippen LogP contribution in [-0.4, -0.2) is 33.7 Å². The third kappa shape index (κ3) is 5.17. The van der Waals surface area contributed by atoms with Gasteiger partial charge in [-0.3, -0.25) is 14.4 Å². The van der Waals surface area contributed by atoms with Crippen molar-refractivity contribution in [3.8, 4) is 11.3 Å². The standard InChI is InChI=1S/C24H26F2N4O/c1-29-16-21(23(28-29)20-10-9-19(25)13-22(20)26)24(31)27-14-17-5-7-18(8-6-17)15-30-11-3-2-4-12-30/h5-10,13,16H,2-4,11-12,14-15H2,1H3,(H,27,31). The van der Waals surface area contributed by atoms with E-state index in [9.17, 15) is 13.6 Å². The highest BCUT2D eigenvalue weighted by molar-refractivity contribution is 5.99. The molecule has 0 bridgehead atoms. The lowest BCUT2D eigenvalue weighted by molar-refractivity contribution is 0.0951. The number of rotatable bonds is 6. The van der Waals surface area contributed by atoms with Crippen LogP contribution >= 0.6 is 0 Å². The van der Waals surface area contributed by atoms with Gasteiger partial charge in [-0.2, -0.15) is 5.10 Å². The second kappa shape index (κ2) is 9.39. The number of piperidine rings is 1. The fourth-order valence-corrected chi connectivity index (χ4v) is 3.95. The van der Waals surface area contributed by atoms with Crippen LogP contribution in [0.1, 0.15) is 40.7 Å². The van der Waals surface area contributed by atoms with Crippen LogP contribution in [0.4, 0.5) is 8.78 Å². The van der Waals surface area contributed by atoms with Crippen molar-refractivity contribution in [2.24, 2.45) is 7.05 Å². The first kappa shape index (κ1) is 21.2. The molecule has 1 saturated heterocycles. The molecular formula is C24H26F2N4O. The van der Waals surface area contributed by atoms with E-state index in [0.717, 1.165) is 37.3 Å². The van der Waals surface area contributed by atoms with E-state index in [1.165, 1.54) is 41.8 Å². The van der Waals surface area contributed by atoms with Crippen LogP contribution in [0.5, 0.6) is 0 Å². The summed E-state index contributed by atoms with van der Waals surface area (Å²) in [6.07, 6.45) is 5.39. The Kier molecular flexibility index (Phi) is 6.42. The van der Waals surface area contributed by atoms with Crippen LogP contribution in [-0.2, 0) is 20.1 Å². The van der Waals surface area contributed by atoms with Gasteiger partial charge in [0.05, 0.1) is 5.56 Å². The lowest BCUT2D eigenvalue weighted by Gasteiger charge is -2.26. The van der Waals surface area contributed by atoms with Crippen molar-refractivity contribution < 1.29 is 13.6 Å². The number of aryl methyl sites for hydroxylation is 1. The van der Waals surface area contributed by atoms with E-state index in [0.29, 0.717) is 6.54 Å². The Morgan fingerprint density at radius 2 is 1.74 bits per heavy atom. The molecule has 0 saturated carbocycles. The van der Waals surface area contributed by atoms with Crippen LogP contribution in [0.15, 0.2) is 48.7 Å². The summed E-state index contributed by atoms with van der Waals surface area (Å²) < 4.78 is 28.9. The van der Waals surface area contributed by atoms with Crippen LogP contribution in [0.2, 0.25) is 0 Å². The number of carbonyl (C=O) groups excluding carboxylic acids is 1. The summed E-state index contributed by atoms with van der Waals surface area (Å²) in [5, 5.41) is 7.07. The molecule has 1 N–H and O–H groups in total. The Morgan fingerprint density at radius 1 is 1.03 bits per heavy atom. The molecule has 0 aliphatic carbocycles. The molecule has 1 fully saturated rings. The third-order valence-electron chi connectivity index (χ3n) is 5.59. The molecular weight excluding hydrogens is 398 g/mol. The average Bonchev–Trinajstić information content (AvgIpc) is 3.15. The van der Waals surface area contributed by atoms with Gasteiger partial charge in [-0.25, -0.2) is 8.78 Å². The van der Waals surface area contributed by atoms with E-state index in [1.807, 2.05) is 12.1 Å². The molecule has 0 spiro atoms. The van der Waals surface area contributed by atoms with E-state index in [1.54, 1.807) is 7.05 Å². The van der Waals surface area contributed by atoms with Crippen molar-refractivity contribution in [2.45, 2.75) is 32.4 Å². The fraction of sp³-hybridized carbons (Fsp3) is 0.333. The Balaban J connectivity index is 1.41. The summed E-state index contributed by atoms with van der Waals surface area (Å²) in [5.41, 5.74) is 2.77. The molecule has 1 aliphatic rings. The summed E-state index contributed by atoms with van der Waals surface area (Å²) >= 11 is 0. The molecule has 0 radical (unpaired) electrons. The first-order valence-corrected chi connectivity index (χ1v) is 10.6. The van der Waals surface area contributed by atoms with Gasteiger partial charge in [0.1, 0.15) is 17.3 Å². The van der Waals surface area contributed by atoms with Crippen molar-refractivity contribution in [2.75, 3.05) is 13.1 Å². The molecule has 7 heteroatoms. The van der Waals surface area contributed by atoms with Crippen molar-refractivity contribution in [1.29, 1.82) is 0 Å². The van der Waals surface area contributed by atoms with E-state index in [-0.39, 0.29) is 22.7 Å². The minimum Gasteiger partial charge on any atom is -0.348 e. The number of benzene rings is 2. The minimum absolute atomic E-state index is 0.0919. The van der Waals surface area contributed by atoms with Gasteiger partial charge in [0.2, 0.25) is 0 Å². The van der Waals surface area contributed by atoms with Crippen molar-refractivity contribution >= 4 is 5.91 Å². The largest absolute Gasteiger partial charge is 0.348 e. The molecule has 31 heavy (non-hydrogen) atoms. The highest BCUT2D eigenvalue weighted by Crippen LogP contribution is 2.25. The second-order valence-electron chi connectivity index (χ2n) is 8.03. The van der Waals surface area contributed by atoms with Crippen molar-refractivity contribution in [3.05, 3.63) is 77.0 Å². The number of carbonyl (C=O) groups is 1. The van der Waals surface area contributed by atoms with Gasteiger partial charge in [-0.1, -0.05) is 30.7 Å². The van der Waals surface area contributed by atoms with Crippen LogP contribution < -0.4 is 5.32 Å². The molecule has 0 atom stereocenters. The quantitative estimate of drug-likeness (QED) is 0.643. The number of hydrogen-bond donors (Lipinski definition) is 1. The zero-order valence-electron chi connectivity index (χ0n) is 17.6. The monoisotopic (exact) mass is 424 g/mol. The summed E-state index contributed by atoms with van der Waals surface area (Å²) in [6, 6.07) is 11.5. The van der Waals surface area contributed by atoms with Gasteiger partial charge in [0, 0.05) is 38.0 Å². The Labute approximate surface area is 180 Å². The summed E-state index contributed by atoms with van der Waals surface area (Å²) in [7, 11) is 1.66. The normalized spacial score (nSPS) is 14.5. The first-order valence-electron chi connectivity index (χ1n) is 10.6.